The minimum absolute atomic E-state index is 0.0202. The number of likely N-dealkylation sites (tertiary alicyclic amines) is 1. The number of thiophene rings is 1. The monoisotopic (exact) mass is 379 g/mol. The second-order valence-electron chi connectivity index (χ2n) is 7.48. The first-order valence-electron chi connectivity index (χ1n) is 9.46. The van der Waals surface area contributed by atoms with Gasteiger partial charge in [0.1, 0.15) is 6.04 Å². The summed E-state index contributed by atoms with van der Waals surface area (Å²) in [4.78, 5) is 30.1. The minimum Gasteiger partial charge on any atom is -0.373 e. The molecule has 4 atom stereocenters. The quantitative estimate of drug-likeness (QED) is 0.850. The lowest BCUT2D eigenvalue weighted by molar-refractivity contribution is -0.134. The second kappa shape index (κ2) is 8.50. The fourth-order valence-corrected chi connectivity index (χ4v) is 4.66. The van der Waals surface area contributed by atoms with Crippen LogP contribution in [0, 0.1) is 0 Å². The normalized spacial score (nSPS) is 28.1. The molecule has 0 aliphatic carbocycles. The molecule has 0 aromatic carbocycles. The van der Waals surface area contributed by atoms with Crippen molar-refractivity contribution in [1.82, 2.24) is 15.1 Å². The summed E-state index contributed by atoms with van der Waals surface area (Å²) in [5, 5.41) is 4.71. The van der Waals surface area contributed by atoms with Crippen LogP contribution < -0.4 is 5.32 Å². The van der Waals surface area contributed by atoms with Crippen molar-refractivity contribution in [3.8, 4) is 0 Å². The maximum absolute atomic E-state index is 12.9. The van der Waals surface area contributed by atoms with Gasteiger partial charge in [-0.3, -0.25) is 14.5 Å². The molecule has 7 heteroatoms. The Morgan fingerprint density at radius 2 is 2.08 bits per heavy atom. The average Bonchev–Trinajstić information content (AvgIpc) is 3.24. The Kier molecular flexibility index (Phi) is 6.32. The van der Waals surface area contributed by atoms with E-state index in [0.29, 0.717) is 4.88 Å². The highest BCUT2D eigenvalue weighted by Crippen LogP contribution is 2.21. The zero-order valence-corrected chi connectivity index (χ0v) is 16.6. The number of nitrogens with one attached hydrogen (secondary N) is 1. The van der Waals surface area contributed by atoms with E-state index in [2.05, 4.69) is 24.1 Å². The van der Waals surface area contributed by atoms with Crippen molar-refractivity contribution in [1.29, 1.82) is 0 Å². The Labute approximate surface area is 159 Å². The van der Waals surface area contributed by atoms with Gasteiger partial charge in [0.05, 0.1) is 17.1 Å². The summed E-state index contributed by atoms with van der Waals surface area (Å²) in [6.45, 7) is 9.46. The number of carbonyl (C=O) groups is 2. The lowest BCUT2D eigenvalue weighted by atomic mass is 10.1. The average molecular weight is 380 g/mol. The van der Waals surface area contributed by atoms with Crippen LogP contribution in [0.1, 0.15) is 43.3 Å². The van der Waals surface area contributed by atoms with E-state index in [1.807, 2.05) is 16.3 Å². The number of morpholine rings is 1. The summed E-state index contributed by atoms with van der Waals surface area (Å²) in [6.07, 6.45) is 2.51. The molecule has 144 valence electrons. The minimum atomic E-state index is -0.507. The van der Waals surface area contributed by atoms with Crippen molar-refractivity contribution in [2.45, 2.75) is 57.9 Å². The first kappa shape index (κ1) is 19.3. The summed E-state index contributed by atoms with van der Waals surface area (Å²) < 4.78 is 5.80. The van der Waals surface area contributed by atoms with E-state index in [0.717, 1.165) is 39.0 Å². The maximum Gasteiger partial charge on any atom is 0.261 e. The van der Waals surface area contributed by atoms with Crippen LogP contribution in [0.25, 0.3) is 0 Å². The molecule has 26 heavy (non-hydrogen) atoms. The van der Waals surface area contributed by atoms with Crippen molar-refractivity contribution in [3.63, 3.8) is 0 Å². The second-order valence-corrected chi connectivity index (χ2v) is 8.42. The molecule has 2 aliphatic rings. The van der Waals surface area contributed by atoms with Gasteiger partial charge in [0.25, 0.3) is 5.91 Å². The number of rotatable bonds is 5. The lowest BCUT2D eigenvalue weighted by Gasteiger charge is -2.38. The number of hydrogen-bond acceptors (Lipinski definition) is 5. The molecule has 2 fully saturated rings. The molecule has 1 N–H and O–H groups in total. The van der Waals surface area contributed by atoms with Crippen molar-refractivity contribution in [2.75, 3.05) is 26.2 Å². The van der Waals surface area contributed by atoms with E-state index >= 15 is 0 Å². The Morgan fingerprint density at radius 3 is 2.73 bits per heavy atom. The van der Waals surface area contributed by atoms with Gasteiger partial charge in [0.2, 0.25) is 5.91 Å². The van der Waals surface area contributed by atoms with E-state index < -0.39 is 6.04 Å². The van der Waals surface area contributed by atoms with Crippen LogP contribution in [0.15, 0.2) is 17.5 Å². The molecule has 2 saturated heterocycles. The SMILES string of the molecule is CC1CN(CC2CCCN2C(=O)C(C)NC(=O)c2cccs2)CC(C)O1. The molecule has 0 saturated carbocycles. The smallest absolute Gasteiger partial charge is 0.261 e. The number of carbonyl (C=O) groups excluding carboxylic acids is 2. The molecule has 6 nitrogen and oxygen atoms in total. The van der Waals surface area contributed by atoms with Crippen molar-refractivity contribution in [3.05, 3.63) is 22.4 Å². The predicted molar refractivity (Wildman–Crippen MR) is 102 cm³/mol. The molecule has 3 rings (SSSR count). The van der Waals surface area contributed by atoms with Gasteiger partial charge in [0, 0.05) is 32.2 Å². The van der Waals surface area contributed by atoms with Crippen LogP contribution in [-0.2, 0) is 9.53 Å². The molecule has 4 unspecified atom stereocenters. The summed E-state index contributed by atoms with van der Waals surface area (Å²) in [5.41, 5.74) is 0. The Bertz CT molecular complexity index is 612. The summed E-state index contributed by atoms with van der Waals surface area (Å²) in [5.74, 6) is -0.154. The van der Waals surface area contributed by atoms with Gasteiger partial charge in [0.15, 0.2) is 0 Å². The van der Waals surface area contributed by atoms with E-state index in [-0.39, 0.29) is 30.1 Å². The van der Waals surface area contributed by atoms with Gasteiger partial charge in [-0.05, 0) is 45.1 Å². The standard InChI is InChI=1S/C19H29N3O3S/c1-13-10-21(11-14(2)25-13)12-16-6-4-8-22(16)19(24)15(3)20-18(23)17-7-5-9-26-17/h5,7,9,13-16H,4,6,8,10-12H2,1-3H3,(H,20,23). The molecule has 0 bridgehead atoms. The Morgan fingerprint density at radius 1 is 1.35 bits per heavy atom. The molecule has 0 spiro atoms. The maximum atomic E-state index is 12.9. The Balaban J connectivity index is 1.56. The molecular formula is C19H29N3O3S. The topological polar surface area (TPSA) is 61.9 Å². The fourth-order valence-electron chi connectivity index (χ4n) is 4.03. The predicted octanol–water partition coefficient (Wildman–Crippen LogP) is 1.97. The summed E-state index contributed by atoms with van der Waals surface area (Å²) in [7, 11) is 0. The number of amides is 2. The van der Waals surface area contributed by atoms with Crippen LogP contribution in [0.4, 0.5) is 0 Å². The largest absolute Gasteiger partial charge is 0.373 e. The highest BCUT2D eigenvalue weighted by atomic mass is 32.1. The van der Waals surface area contributed by atoms with Gasteiger partial charge < -0.3 is 15.0 Å². The molecule has 1 aromatic heterocycles. The van der Waals surface area contributed by atoms with Gasteiger partial charge >= 0.3 is 0 Å². The molecule has 2 amide bonds. The van der Waals surface area contributed by atoms with E-state index in [4.69, 9.17) is 4.74 Å². The number of ether oxygens (including phenoxy) is 1. The van der Waals surface area contributed by atoms with Crippen LogP contribution in [0.3, 0.4) is 0 Å². The molecule has 0 radical (unpaired) electrons. The fraction of sp³-hybridized carbons (Fsp3) is 0.684. The lowest BCUT2D eigenvalue weighted by Crippen LogP contribution is -2.53. The third-order valence-electron chi connectivity index (χ3n) is 5.09. The van der Waals surface area contributed by atoms with Crippen molar-refractivity contribution in [2.24, 2.45) is 0 Å². The first-order valence-corrected chi connectivity index (χ1v) is 10.3. The Hall–Kier alpha value is -1.44. The summed E-state index contributed by atoms with van der Waals surface area (Å²) in [6, 6.07) is 3.33. The van der Waals surface area contributed by atoms with E-state index in [9.17, 15) is 9.59 Å². The summed E-state index contributed by atoms with van der Waals surface area (Å²) >= 11 is 1.39. The van der Waals surface area contributed by atoms with Crippen LogP contribution >= 0.6 is 11.3 Å². The van der Waals surface area contributed by atoms with Crippen LogP contribution in [0.2, 0.25) is 0 Å². The van der Waals surface area contributed by atoms with Crippen LogP contribution in [0.5, 0.6) is 0 Å². The zero-order chi connectivity index (χ0) is 18.7. The van der Waals surface area contributed by atoms with Gasteiger partial charge in [-0.15, -0.1) is 11.3 Å². The van der Waals surface area contributed by atoms with E-state index in [1.54, 1.807) is 13.0 Å². The van der Waals surface area contributed by atoms with Gasteiger partial charge in [-0.25, -0.2) is 0 Å². The molecule has 1 aromatic rings. The van der Waals surface area contributed by atoms with Gasteiger partial charge in [-0.2, -0.15) is 0 Å². The third kappa shape index (κ3) is 4.64. The zero-order valence-electron chi connectivity index (χ0n) is 15.8. The van der Waals surface area contributed by atoms with Gasteiger partial charge in [-0.1, -0.05) is 6.07 Å². The molecular weight excluding hydrogens is 350 g/mol. The first-order chi connectivity index (χ1) is 12.4. The van der Waals surface area contributed by atoms with Crippen molar-refractivity contribution >= 4 is 23.2 Å². The third-order valence-corrected chi connectivity index (χ3v) is 5.96. The van der Waals surface area contributed by atoms with Crippen LogP contribution in [-0.4, -0.2) is 72.1 Å². The number of hydrogen-bond donors (Lipinski definition) is 1. The van der Waals surface area contributed by atoms with Crippen molar-refractivity contribution < 1.29 is 14.3 Å². The highest BCUT2D eigenvalue weighted by molar-refractivity contribution is 7.12. The molecule has 2 aliphatic heterocycles. The molecule has 3 heterocycles. The van der Waals surface area contributed by atoms with E-state index in [1.165, 1.54) is 11.3 Å². The number of nitrogens with zero attached hydrogens (tertiary/aromatic N) is 2. The highest BCUT2D eigenvalue weighted by Gasteiger charge is 2.34.